The van der Waals surface area contributed by atoms with Crippen LogP contribution in [-0.4, -0.2) is 83.7 Å². The van der Waals surface area contributed by atoms with Crippen molar-refractivity contribution in [3.63, 3.8) is 0 Å². The Morgan fingerprint density at radius 1 is 0.826 bits per heavy atom. The highest BCUT2D eigenvalue weighted by Crippen LogP contribution is 2.32. The fraction of sp³-hybridized carbons (Fsp3) is 0.270. The molecule has 2 aliphatic heterocycles. The quantitative estimate of drug-likeness (QED) is 0.299. The Bertz CT molecular complexity index is 1600. The highest BCUT2D eigenvalue weighted by molar-refractivity contribution is 5.91. The number of ether oxygens (including phenoxy) is 1. The minimum atomic E-state index is -0.758. The average molecular weight is 618 g/mol. The van der Waals surface area contributed by atoms with E-state index in [1.54, 1.807) is 29.1 Å². The molecule has 2 heterocycles. The number of hydrogen-bond acceptors (Lipinski definition) is 5. The first kappa shape index (κ1) is 30.9. The minimum absolute atomic E-state index is 0.0122. The number of rotatable bonds is 9. The standard InChI is InChI=1S/C37H39N5O4/c1-39-26-35(43)41-33(22-27-12-6-3-7-13-27)36(44)40(24-32(29-14-8-4-9-15-29)30-16-10-5-11-17-30)25-34(41)42(39)37(45)38-23-28-18-20-31(46-2)21-19-28/h3-21,32-34H,22-26H2,1-2H3,(H,38,45). The molecule has 1 N–H and O–H groups in total. The maximum Gasteiger partial charge on any atom is 0.334 e. The van der Waals surface area contributed by atoms with Crippen molar-refractivity contribution in [1.29, 1.82) is 0 Å². The zero-order valence-corrected chi connectivity index (χ0v) is 26.2. The van der Waals surface area contributed by atoms with Gasteiger partial charge >= 0.3 is 6.03 Å². The van der Waals surface area contributed by atoms with Crippen molar-refractivity contribution in [3.05, 3.63) is 138 Å². The first-order chi connectivity index (χ1) is 22.4. The van der Waals surface area contributed by atoms with Gasteiger partial charge in [-0.3, -0.25) is 9.59 Å². The number of nitrogens with one attached hydrogen (secondary N) is 1. The van der Waals surface area contributed by atoms with E-state index >= 15 is 0 Å². The summed E-state index contributed by atoms with van der Waals surface area (Å²) >= 11 is 0. The summed E-state index contributed by atoms with van der Waals surface area (Å²) in [6.45, 7) is 0.879. The molecule has 236 valence electrons. The number of carbonyl (C=O) groups excluding carboxylic acids is 3. The molecule has 4 aromatic carbocycles. The van der Waals surface area contributed by atoms with E-state index in [0.717, 1.165) is 28.0 Å². The number of hydrogen-bond donors (Lipinski definition) is 1. The van der Waals surface area contributed by atoms with Crippen molar-refractivity contribution in [2.75, 3.05) is 33.8 Å². The van der Waals surface area contributed by atoms with Crippen molar-refractivity contribution in [3.8, 4) is 5.75 Å². The van der Waals surface area contributed by atoms with Crippen LogP contribution >= 0.6 is 0 Å². The number of hydrazine groups is 1. The molecule has 0 bridgehead atoms. The number of fused-ring (bicyclic) bond motifs is 1. The summed E-state index contributed by atoms with van der Waals surface area (Å²) in [5, 5.41) is 6.29. The van der Waals surface area contributed by atoms with Gasteiger partial charge in [-0.1, -0.05) is 103 Å². The number of methoxy groups -OCH3 is 1. The van der Waals surface area contributed by atoms with E-state index in [0.29, 0.717) is 19.5 Å². The third-order valence-corrected chi connectivity index (χ3v) is 8.83. The number of likely N-dealkylation sites (N-methyl/N-ethyl adjacent to an activating group) is 1. The molecule has 0 saturated carbocycles. The Balaban J connectivity index is 1.33. The van der Waals surface area contributed by atoms with Crippen molar-refractivity contribution in [2.45, 2.75) is 31.1 Å². The second-order valence-corrected chi connectivity index (χ2v) is 11.8. The average Bonchev–Trinajstić information content (AvgIpc) is 3.09. The minimum Gasteiger partial charge on any atom is -0.497 e. The van der Waals surface area contributed by atoms with E-state index in [4.69, 9.17) is 4.74 Å². The van der Waals surface area contributed by atoms with E-state index in [2.05, 4.69) is 29.6 Å². The molecule has 0 aliphatic carbocycles. The van der Waals surface area contributed by atoms with Crippen LogP contribution in [0.2, 0.25) is 0 Å². The Hall–Kier alpha value is -5.15. The van der Waals surface area contributed by atoms with Crippen LogP contribution in [0.4, 0.5) is 4.79 Å². The topological polar surface area (TPSA) is 85.4 Å². The third-order valence-electron chi connectivity index (χ3n) is 8.83. The van der Waals surface area contributed by atoms with Crippen molar-refractivity contribution in [2.24, 2.45) is 0 Å². The van der Waals surface area contributed by atoms with Gasteiger partial charge < -0.3 is 19.9 Å². The van der Waals surface area contributed by atoms with E-state index in [-0.39, 0.29) is 36.9 Å². The van der Waals surface area contributed by atoms with Gasteiger partial charge in [0.2, 0.25) is 11.8 Å². The fourth-order valence-corrected chi connectivity index (χ4v) is 6.50. The molecule has 2 fully saturated rings. The van der Waals surface area contributed by atoms with Crippen LogP contribution in [0.15, 0.2) is 115 Å². The van der Waals surface area contributed by atoms with Crippen LogP contribution in [0.5, 0.6) is 5.75 Å². The van der Waals surface area contributed by atoms with Gasteiger partial charge in [-0.25, -0.2) is 14.8 Å². The Morgan fingerprint density at radius 3 is 2.00 bits per heavy atom. The first-order valence-electron chi connectivity index (χ1n) is 15.6. The smallest absolute Gasteiger partial charge is 0.334 e. The lowest BCUT2D eigenvalue weighted by atomic mass is 9.89. The molecule has 0 aromatic heterocycles. The molecule has 2 atom stereocenters. The van der Waals surface area contributed by atoms with E-state index in [1.165, 1.54) is 0 Å². The monoisotopic (exact) mass is 617 g/mol. The van der Waals surface area contributed by atoms with Crippen LogP contribution < -0.4 is 10.1 Å². The van der Waals surface area contributed by atoms with Crippen LogP contribution in [0.1, 0.15) is 28.2 Å². The summed E-state index contributed by atoms with van der Waals surface area (Å²) in [5.74, 6) is 0.349. The first-order valence-corrected chi connectivity index (χ1v) is 15.6. The van der Waals surface area contributed by atoms with Gasteiger partial charge in [0.25, 0.3) is 0 Å². The van der Waals surface area contributed by atoms with Gasteiger partial charge in [-0.05, 0) is 34.4 Å². The Kier molecular flexibility index (Phi) is 9.30. The van der Waals surface area contributed by atoms with Gasteiger partial charge in [-0.2, -0.15) is 0 Å². The summed E-state index contributed by atoms with van der Waals surface area (Å²) in [4.78, 5) is 45.5. The lowest BCUT2D eigenvalue weighted by molar-refractivity contribution is -0.187. The Labute approximate surface area is 269 Å². The maximum atomic E-state index is 14.4. The number of piperazine rings is 1. The van der Waals surface area contributed by atoms with Crippen molar-refractivity contribution < 1.29 is 19.1 Å². The number of carbonyl (C=O) groups is 3. The molecule has 2 saturated heterocycles. The number of benzene rings is 4. The Morgan fingerprint density at radius 2 is 1.41 bits per heavy atom. The lowest BCUT2D eigenvalue weighted by Gasteiger charge is -2.54. The third kappa shape index (κ3) is 6.60. The number of urea groups is 1. The molecule has 2 aliphatic rings. The molecule has 4 aromatic rings. The molecule has 6 rings (SSSR count). The SMILES string of the molecule is COc1ccc(CNC(=O)N2C3CN(CC(c4ccccc4)c4ccccc4)C(=O)C(Cc4ccccc4)N3C(=O)CN2C)cc1. The number of amides is 4. The lowest BCUT2D eigenvalue weighted by Crippen LogP contribution is -2.76. The second kappa shape index (κ2) is 13.9. The van der Waals surface area contributed by atoms with Gasteiger partial charge in [0.05, 0.1) is 20.2 Å². The van der Waals surface area contributed by atoms with Crippen LogP contribution in [0.3, 0.4) is 0 Å². The van der Waals surface area contributed by atoms with Gasteiger partial charge in [0.1, 0.15) is 18.0 Å². The highest BCUT2D eigenvalue weighted by Gasteiger charge is 2.51. The zero-order valence-electron chi connectivity index (χ0n) is 26.2. The van der Waals surface area contributed by atoms with E-state index < -0.39 is 12.2 Å². The molecule has 0 radical (unpaired) electrons. The normalized spacial score (nSPS) is 18.5. The van der Waals surface area contributed by atoms with Crippen LogP contribution in [-0.2, 0) is 22.6 Å². The largest absolute Gasteiger partial charge is 0.497 e. The predicted octanol–water partition coefficient (Wildman–Crippen LogP) is 4.51. The van der Waals surface area contributed by atoms with Crippen LogP contribution in [0.25, 0.3) is 0 Å². The fourth-order valence-electron chi connectivity index (χ4n) is 6.50. The highest BCUT2D eigenvalue weighted by atomic mass is 16.5. The summed E-state index contributed by atoms with van der Waals surface area (Å²) in [6.07, 6.45) is -0.328. The van der Waals surface area contributed by atoms with E-state index in [1.807, 2.05) is 95.9 Å². The molecule has 0 spiro atoms. The summed E-state index contributed by atoms with van der Waals surface area (Å²) in [7, 11) is 3.35. The second-order valence-electron chi connectivity index (χ2n) is 11.8. The molecule has 46 heavy (non-hydrogen) atoms. The van der Waals surface area contributed by atoms with Gasteiger partial charge in [0.15, 0.2) is 0 Å². The van der Waals surface area contributed by atoms with E-state index in [9.17, 15) is 14.4 Å². The van der Waals surface area contributed by atoms with Gasteiger partial charge in [-0.15, -0.1) is 0 Å². The molecule has 2 unspecified atom stereocenters. The molecular weight excluding hydrogens is 578 g/mol. The maximum absolute atomic E-state index is 14.4. The van der Waals surface area contributed by atoms with Crippen LogP contribution in [0, 0.1) is 0 Å². The molecular formula is C37H39N5O4. The zero-order chi connectivity index (χ0) is 32.0. The molecule has 4 amide bonds. The van der Waals surface area contributed by atoms with Crippen molar-refractivity contribution in [1.82, 2.24) is 25.1 Å². The van der Waals surface area contributed by atoms with Gasteiger partial charge in [0, 0.05) is 32.5 Å². The van der Waals surface area contributed by atoms with Crippen molar-refractivity contribution >= 4 is 17.8 Å². The predicted molar refractivity (Wildman–Crippen MR) is 176 cm³/mol. The molecule has 9 heteroatoms. The molecule has 9 nitrogen and oxygen atoms in total. The summed E-state index contributed by atoms with van der Waals surface area (Å²) in [5.41, 5.74) is 4.05. The number of nitrogens with zero attached hydrogens (tertiary/aromatic N) is 4. The summed E-state index contributed by atoms with van der Waals surface area (Å²) in [6, 6.07) is 36.5. The summed E-state index contributed by atoms with van der Waals surface area (Å²) < 4.78 is 5.26.